The second-order valence-corrected chi connectivity index (χ2v) is 6.04. The van der Waals surface area contributed by atoms with Crippen LogP contribution in [0.25, 0.3) is 0 Å². The van der Waals surface area contributed by atoms with E-state index in [9.17, 15) is 4.79 Å². The number of benzene rings is 1. The molecule has 1 aliphatic carbocycles. The largest absolute Gasteiger partial charge is 0.353 e. The van der Waals surface area contributed by atoms with Gasteiger partial charge in [0, 0.05) is 11.1 Å². The molecule has 18 heavy (non-hydrogen) atoms. The molecule has 1 fully saturated rings. The number of rotatable bonds is 4. The fourth-order valence-corrected chi connectivity index (χ4v) is 2.26. The van der Waals surface area contributed by atoms with Crippen molar-refractivity contribution in [2.24, 2.45) is 5.92 Å². The molecule has 1 aliphatic rings. The van der Waals surface area contributed by atoms with E-state index in [1.807, 2.05) is 24.3 Å². The second-order valence-electron chi connectivity index (χ2n) is 5.60. The minimum atomic E-state index is -0.325. The predicted molar refractivity (Wildman–Crippen MR) is 74.8 cm³/mol. The first-order valence-corrected chi connectivity index (χ1v) is 6.90. The van der Waals surface area contributed by atoms with Crippen molar-refractivity contribution in [2.45, 2.75) is 45.1 Å². The minimum Gasteiger partial charge on any atom is -0.353 e. The maximum Gasteiger partial charge on any atom is 0.230 e. The third-order valence-electron chi connectivity index (χ3n) is 3.92. The molecule has 1 aromatic carbocycles. The summed E-state index contributed by atoms with van der Waals surface area (Å²) < 4.78 is 0. The zero-order valence-electron chi connectivity index (χ0n) is 11.2. The fourth-order valence-electron chi connectivity index (χ4n) is 2.07. The van der Waals surface area contributed by atoms with Crippen LogP contribution in [0.4, 0.5) is 0 Å². The number of amides is 1. The summed E-state index contributed by atoms with van der Waals surface area (Å²) in [6.07, 6.45) is 1.84. The number of carbonyl (C=O) groups is 1. The molecule has 3 heteroatoms. The van der Waals surface area contributed by atoms with Crippen LogP contribution in [0.15, 0.2) is 24.3 Å². The molecule has 0 bridgehead atoms. The lowest BCUT2D eigenvalue weighted by Crippen LogP contribution is -2.42. The summed E-state index contributed by atoms with van der Waals surface area (Å²) >= 11 is 6.01. The number of carbonyl (C=O) groups excluding carboxylic acids is 1. The molecule has 1 saturated carbocycles. The van der Waals surface area contributed by atoms with Gasteiger partial charge < -0.3 is 5.32 Å². The molecule has 0 radical (unpaired) electrons. The lowest BCUT2D eigenvalue weighted by Gasteiger charge is -2.22. The van der Waals surface area contributed by atoms with Crippen LogP contribution in [0.5, 0.6) is 0 Å². The summed E-state index contributed by atoms with van der Waals surface area (Å²) in [5.74, 6) is 0.593. The van der Waals surface area contributed by atoms with E-state index < -0.39 is 0 Å². The normalized spacial score (nSPS) is 18.5. The van der Waals surface area contributed by atoms with Crippen LogP contribution >= 0.6 is 11.6 Å². The standard InChI is InChI=1S/C15H20ClNO/c1-10(2)11(3)17-14(18)15(7-8-15)12-5-4-6-13(16)9-12/h4-6,9-11H,7-8H2,1-3H3,(H,17,18). The molecule has 1 amide bonds. The van der Waals surface area contributed by atoms with Crippen molar-refractivity contribution >= 4 is 17.5 Å². The summed E-state index contributed by atoms with van der Waals surface area (Å²) in [6.45, 7) is 6.28. The molecule has 1 atom stereocenters. The molecule has 0 heterocycles. The maximum absolute atomic E-state index is 12.4. The van der Waals surface area contributed by atoms with Crippen LogP contribution in [0.3, 0.4) is 0 Å². The van der Waals surface area contributed by atoms with Crippen molar-refractivity contribution in [1.82, 2.24) is 5.32 Å². The topological polar surface area (TPSA) is 29.1 Å². The van der Waals surface area contributed by atoms with Crippen molar-refractivity contribution in [3.05, 3.63) is 34.9 Å². The van der Waals surface area contributed by atoms with Gasteiger partial charge in [0.25, 0.3) is 0 Å². The molecule has 0 saturated heterocycles. The first-order valence-electron chi connectivity index (χ1n) is 6.53. The van der Waals surface area contributed by atoms with E-state index in [0.717, 1.165) is 18.4 Å². The fraction of sp³-hybridized carbons (Fsp3) is 0.533. The highest BCUT2D eigenvalue weighted by Crippen LogP contribution is 2.48. The number of hydrogen-bond acceptors (Lipinski definition) is 1. The summed E-state index contributed by atoms with van der Waals surface area (Å²) in [7, 11) is 0. The van der Waals surface area contributed by atoms with Crippen molar-refractivity contribution in [1.29, 1.82) is 0 Å². The van der Waals surface area contributed by atoms with Crippen molar-refractivity contribution in [3.63, 3.8) is 0 Å². The Morgan fingerprint density at radius 3 is 2.50 bits per heavy atom. The van der Waals surface area contributed by atoms with Crippen molar-refractivity contribution < 1.29 is 4.79 Å². The van der Waals surface area contributed by atoms with E-state index in [1.165, 1.54) is 0 Å². The Hall–Kier alpha value is -1.02. The smallest absolute Gasteiger partial charge is 0.230 e. The lowest BCUT2D eigenvalue weighted by atomic mass is 9.94. The van der Waals surface area contributed by atoms with E-state index >= 15 is 0 Å². The van der Waals surface area contributed by atoms with Gasteiger partial charge in [-0.05, 0) is 43.4 Å². The van der Waals surface area contributed by atoms with Gasteiger partial charge in [0.15, 0.2) is 0 Å². The molecule has 1 N–H and O–H groups in total. The van der Waals surface area contributed by atoms with E-state index in [-0.39, 0.29) is 17.4 Å². The molecule has 2 nitrogen and oxygen atoms in total. The van der Waals surface area contributed by atoms with E-state index in [1.54, 1.807) is 0 Å². The molecular formula is C15H20ClNO. The predicted octanol–water partition coefficient (Wildman–Crippen LogP) is 3.53. The van der Waals surface area contributed by atoms with Gasteiger partial charge in [0.2, 0.25) is 5.91 Å². The van der Waals surface area contributed by atoms with E-state index in [2.05, 4.69) is 26.1 Å². The summed E-state index contributed by atoms with van der Waals surface area (Å²) in [5, 5.41) is 3.82. The molecule has 1 aromatic rings. The van der Waals surface area contributed by atoms with Gasteiger partial charge in [-0.2, -0.15) is 0 Å². The van der Waals surface area contributed by atoms with Crippen LogP contribution < -0.4 is 5.32 Å². The third-order valence-corrected chi connectivity index (χ3v) is 4.16. The molecule has 1 unspecified atom stereocenters. The molecule has 2 rings (SSSR count). The molecule has 98 valence electrons. The maximum atomic E-state index is 12.4. The number of halogens is 1. The van der Waals surface area contributed by atoms with Crippen molar-refractivity contribution in [3.8, 4) is 0 Å². The van der Waals surface area contributed by atoms with Gasteiger partial charge in [-0.25, -0.2) is 0 Å². The highest BCUT2D eigenvalue weighted by molar-refractivity contribution is 6.30. The Kier molecular flexibility index (Phi) is 3.67. The molecule has 0 spiro atoms. The minimum absolute atomic E-state index is 0.144. The first kappa shape index (κ1) is 13.4. The quantitative estimate of drug-likeness (QED) is 0.887. The average Bonchev–Trinajstić information content (AvgIpc) is 3.09. The monoisotopic (exact) mass is 265 g/mol. The SMILES string of the molecule is CC(C)C(C)NC(=O)C1(c2cccc(Cl)c2)CC1. The van der Waals surface area contributed by atoms with Gasteiger partial charge in [-0.15, -0.1) is 0 Å². The Bertz CT molecular complexity index is 452. The average molecular weight is 266 g/mol. The van der Waals surface area contributed by atoms with E-state index in [4.69, 9.17) is 11.6 Å². The van der Waals surface area contributed by atoms with Crippen LogP contribution in [0.1, 0.15) is 39.2 Å². The van der Waals surface area contributed by atoms with Gasteiger partial charge >= 0.3 is 0 Å². The summed E-state index contributed by atoms with van der Waals surface area (Å²) in [6, 6.07) is 7.87. The molecule has 0 aromatic heterocycles. The van der Waals surface area contributed by atoms with Gasteiger partial charge in [-0.1, -0.05) is 37.6 Å². The Balaban J connectivity index is 2.15. The second kappa shape index (κ2) is 4.93. The zero-order chi connectivity index (χ0) is 13.3. The zero-order valence-corrected chi connectivity index (χ0v) is 11.9. The van der Waals surface area contributed by atoms with Crippen molar-refractivity contribution in [2.75, 3.05) is 0 Å². The Morgan fingerprint density at radius 2 is 2.00 bits per heavy atom. The van der Waals surface area contributed by atoms with Crippen LogP contribution in [0.2, 0.25) is 5.02 Å². The summed E-state index contributed by atoms with van der Waals surface area (Å²) in [4.78, 5) is 12.4. The Labute approximate surface area is 114 Å². The van der Waals surface area contributed by atoms with E-state index in [0.29, 0.717) is 10.9 Å². The van der Waals surface area contributed by atoms with Crippen LogP contribution in [-0.2, 0) is 10.2 Å². The molecule has 0 aliphatic heterocycles. The Morgan fingerprint density at radius 1 is 1.33 bits per heavy atom. The molecular weight excluding hydrogens is 246 g/mol. The van der Waals surface area contributed by atoms with Crippen LogP contribution in [0, 0.1) is 5.92 Å². The van der Waals surface area contributed by atoms with Gasteiger partial charge in [-0.3, -0.25) is 4.79 Å². The number of nitrogens with one attached hydrogen (secondary N) is 1. The highest BCUT2D eigenvalue weighted by atomic mass is 35.5. The third kappa shape index (κ3) is 2.54. The highest BCUT2D eigenvalue weighted by Gasteiger charge is 2.51. The number of hydrogen-bond donors (Lipinski definition) is 1. The summed E-state index contributed by atoms with van der Waals surface area (Å²) in [5.41, 5.74) is 0.720. The van der Waals surface area contributed by atoms with Gasteiger partial charge in [0.1, 0.15) is 0 Å². The van der Waals surface area contributed by atoms with Crippen LogP contribution in [-0.4, -0.2) is 11.9 Å². The lowest BCUT2D eigenvalue weighted by molar-refractivity contribution is -0.124. The first-order chi connectivity index (χ1) is 8.45. The van der Waals surface area contributed by atoms with Gasteiger partial charge in [0.05, 0.1) is 5.41 Å².